The van der Waals surface area contributed by atoms with E-state index in [4.69, 9.17) is 15.2 Å². The third-order valence-corrected chi connectivity index (χ3v) is 7.98. The maximum Gasteiger partial charge on any atom is 0.417 e. The summed E-state index contributed by atoms with van der Waals surface area (Å²) in [6, 6.07) is 0.929. The molecule has 4 aliphatic rings. The quantitative estimate of drug-likeness (QED) is 0.654. The molecular formula is C24H32F3N5O4. The van der Waals surface area contributed by atoms with E-state index in [-0.39, 0.29) is 37.6 Å². The van der Waals surface area contributed by atoms with Crippen molar-refractivity contribution in [2.45, 2.75) is 38.0 Å². The summed E-state index contributed by atoms with van der Waals surface area (Å²) in [5.74, 6) is -0.250. The monoisotopic (exact) mass is 511 g/mol. The number of hydrogen-bond donors (Lipinski definition) is 1. The number of likely N-dealkylation sites (tertiary alicyclic amines) is 1. The molecule has 3 aliphatic heterocycles. The predicted octanol–water partition coefficient (Wildman–Crippen LogP) is 1.49. The highest BCUT2D eigenvalue weighted by Gasteiger charge is 2.59. The first-order chi connectivity index (χ1) is 17.2. The van der Waals surface area contributed by atoms with Crippen LogP contribution in [0.2, 0.25) is 0 Å². The molecule has 0 spiro atoms. The molecule has 1 saturated carbocycles. The molecule has 198 valence electrons. The maximum absolute atomic E-state index is 13.9. The van der Waals surface area contributed by atoms with Gasteiger partial charge in [0.2, 0.25) is 5.91 Å². The Bertz CT molecular complexity index is 1000. The van der Waals surface area contributed by atoms with Crippen molar-refractivity contribution < 1.29 is 32.2 Å². The van der Waals surface area contributed by atoms with Crippen LogP contribution in [0.3, 0.4) is 0 Å². The molecule has 2 N–H and O–H groups in total. The van der Waals surface area contributed by atoms with E-state index in [0.717, 1.165) is 25.4 Å². The Morgan fingerprint density at radius 3 is 2.75 bits per heavy atom. The Balaban J connectivity index is 1.25. The average molecular weight is 512 g/mol. The minimum atomic E-state index is -4.50. The van der Waals surface area contributed by atoms with Crippen molar-refractivity contribution in [3.63, 3.8) is 0 Å². The van der Waals surface area contributed by atoms with Gasteiger partial charge in [0, 0.05) is 70.2 Å². The number of alkyl halides is 3. The summed E-state index contributed by atoms with van der Waals surface area (Å²) >= 11 is 0. The molecule has 3 atom stereocenters. The fourth-order valence-electron chi connectivity index (χ4n) is 6.14. The van der Waals surface area contributed by atoms with Crippen LogP contribution in [0.1, 0.15) is 29.7 Å². The third kappa shape index (κ3) is 4.90. The first kappa shape index (κ1) is 25.2. The number of amides is 2. The van der Waals surface area contributed by atoms with Crippen LogP contribution in [0.15, 0.2) is 12.3 Å². The van der Waals surface area contributed by atoms with Gasteiger partial charge in [-0.25, -0.2) is 4.79 Å². The van der Waals surface area contributed by atoms with E-state index < -0.39 is 23.2 Å². The van der Waals surface area contributed by atoms with Crippen molar-refractivity contribution in [1.29, 1.82) is 0 Å². The molecule has 1 aromatic rings. The van der Waals surface area contributed by atoms with Crippen molar-refractivity contribution in [3.05, 3.63) is 29.1 Å². The molecule has 0 aromatic carbocycles. The molecule has 3 unspecified atom stereocenters. The predicted molar refractivity (Wildman–Crippen MR) is 122 cm³/mol. The first-order valence-electron chi connectivity index (χ1n) is 12.5. The second-order valence-corrected chi connectivity index (χ2v) is 10.3. The van der Waals surface area contributed by atoms with E-state index in [1.165, 1.54) is 0 Å². The number of carbonyl (C=O) groups excluding carboxylic acids is 2. The summed E-state index contributed by atoms with van der Waals surface area (Å²) in [5, 5.41) is 0. The topological polar surface area (TPSA) is 101 Å². The molecule has 0 bridgehead atoms. The zero-order valence-corrected chi connectivity index (χ0v) is 20.1. The molecule has 3 fully saturated rings. The second kappa shape index (κ2) is 9.79. The van der Waals surface area contributed by atoms with E-state index in [1.807, 2.05) is 0 Å². The molecule has 5 rings (SSSR count). The van der Waals surface area contributed by atoms with Gasteiger partial charge in [0.25, 0.3) is 0 Å². The highest BCUT2D eigenvalue weighted by atomic mass is 19.4. The lowest BCUT2D eigenvalue weighted by molar-refractivity contribution is -0.143. The van der Waals surface area contributed by atoms with Crippen LogP contribution in [-0.4, -0.2) is 96.8 Å². The molecule has 4 heterocycles. The Labute approximate surface area is 207 Å². The van der Waals surface area contributed by atoms with Gasteiger partial charge >= 0.3 is 12.3 Å². The third-order valence-electron chi connectivity index (χ3n) is 7.98. The van der Waals surface area contributed by atoms with Gasteiger partial charge in [-0.15, -0.1) is 0 Å². The van der Waals surface area contributed by atoms with E-state index >= 15 is 0 Å². The van der Waals surface area contributed by atoms with Crippen LogP contribution in [0, 0.1) is 11.3 Å². The summed E-state index contributed by atoms with van der Waals surface area (Å²) in [4.78, 5) is 36.1. The largest absolute Gasteiger partial charge is 0.448 e. The number of nitrogens with zero attached hydrogens (tertiary/aromatic N) is 4. The van der Waals surface area contributed by atoms with Gasteiger partial charge in [-0.1, -0.05) is 0 Å². The number of carbonyl (C=O) groups is 2. The number of aromatic nitrogens is 1. The van der Waals surface area contributed by atoms with Crippen molar-refractivity contribution in [1.82, 2.24) is 19.7 Å². The number of morpholine rings is 1. The van der Waals surface area contributed by atoms with Crippen molar-refractivity contribution in [3.8, 4) is 0 Å². The van der Waals surface area contributed by atoms with E-state index in [1.54, 1.807) is 9.80 Å². The molecule has 2 saturated heterocycles. The molecule has 9 nitrogen and oxygen atoms in total. The number of nitrogens with two attached hydrogens (primary N) is 1. The number of pyridine rings is 1. The number of hydrogen-bond acceptors (Lipinski definition) is 7. The van der Waals surface area contributed by atoms with Crippen molar-refractivity contribution in [2.75, 3.05) is 59.1 Å². The summed E-state index contributed by atoms with van der Waals surface area (Å²) < 4.78 is 50.4. The first-order valence-corrected chi connectivity index (χ1v) is 12.5. The average Bonchev–Trinajstić information content (AvgIpc) is 3.36. The van der Waals surface area contributed by atoms with Crippen LogP contribution < -0.4 is 5.73 Å². The summed E-state index contributed by atoms with van der Waals surface area (Å²) in [7, 11) is 0. The normalized spacial score (nSPS) is 28.7. The molecule has 1 aromatic heterocycles. The van der Waals surface area contributed by atoms with Crippen molar-refractivity contribution >= 4 is 12.0 Å². The standard InChI is InChI=1S/C24H32F3N5O4/c25-24(26,27)17-9-16-13-31(2-1-20(16)29-12-17)21(33)23-11-19(28)10-18(23)14-32(15-23)22(34)36-8-5-30-3-6-35-7-4-30/h9,12,18-19H,1-8,10-11,13-15,28H2. The van der Waals surface area contributed by atoms with Crippen LogP contribution >= 0.6 is 0 Å². The molecular weight excluding hydrogens is 479 g/mol. The fraction of sp³-hybridized carbons (Fsp3) is 0.708. The number of rotatable bonds is 4. The second-order valence-electron chi connectivity index (χ2n) is 10.3. The minimum Gasteiger partial charge on any atom is -0.448 e. The lowest BCUT2D eigenvalue weighted by Gasteiger charge is -2.37. The Morgan fingerprint density at radius 2 is 2.00 bits per heavy atom. The SMILES string of the molecule is NC1CC2CN(C(=O)OCCN3CCOCC3)CC2(C(=O)N2CCc3ncc(C(F)(F)F)cc3C2)C1. The molecule has 36 heavy (non-hydrogen) atoms. The van der Waals surface area contributed by atoms with Gasteiger partial charge in [-0.2, -0.15) is 13.2 Å². The van der Waals surface area contributed by atoms with Gasteiger partial charge in [0.1, 0.15) is 6.61 Å². The van der Waals surface area contributed by atoms with Gasteiger partial charge < -0.3 is 25.0 Å². The summed E-state index contributed by atoms with van der Waals surface area (Å²) in [6.45, 7) is 4.87. The lowest BCUT2D eigenvalue weighted by Crippen LogP contribution is -2.49. The number of halogens is 3. The molecule has 0 radical (unpaired) electrons. The van der Waals surface area contributed by atoms with Crippen LogP contribution in [0.25, 0.3) is 0 Å². The van der Waals surface area contributed by atoms with Crippen LogP contribution in [0.4, 0.5) is 18.0 Å². The maximum atomic E-state index is 13.9. The molecule has 1 aliphatic carbocycles. The van der Waals surface area contributed by atoms with Gasteiger partial charge in [0.15, 0.2) is 0 Å². The highest BCUT2D eigenvalue weighted by Crippen LogP contribution is 2.50. The van der Waals surface area contributed by atoms with E-state index in [0.29, 0.717) is 63.4 Å². The van der Waals surface area contributed by atoms with E-state index in [2.05, 4.69) is 9.88 Å². The van der Waals surface area contributed by atoms with Crippen molar-refractivity contribution in [2.24, 2.45) is 17.1 Å². The Hall–Kier alpha value is -2.44. The Kier molecular flexibility index (Phi) is 6.86. The van der Waals surface area contributed by atoms with Crippen LogP contribution in [-0.2, 0) is 33.4 Å². The minimum absolute atomic E-state index is 0.0682. The highest BCUT2D eigenvalue weighted by molar-refractivity contribution is 5.86. The smallest absolute Gasteiger partial charge is 0.417 e. The zero-order valence-electron chi connectivity index (χ0n) is 20.1. The van der Waals surface area contributed by atoms with Gasteiger partial charge in [-0.3, -0.25) is 14.7 Å². The van der Waals surface area contributed by atoms with Gasteiger partial charge in [-0.05, 0) is 30.4 Å². The Morgan fingerprint density at radius 1 is 1.22 bits per heavy atom. The van der Waals surface area contributed by atoms with E-state index in [9.17, 15) is 22.8 Å². The summed E-state index contributed by atoms with van der Waals surface area (Å²) in [6.07, 6.45) is -2.64. The van der Waals surface area contributed by atoms with Crippen LogP contribution in [0.5, 0.6) is 0 Å². The van der Waals surface area contributed by atoms with Gasteiger partial charge in [0.05, 0.1) is 24.2 Å². The molecule has 2 amide bonds. The fourth-order valence-corrected chi connectivity index (χ4v) is 6.14. The summed E-state index contributed by atoms with van der Waals surface area (Å²) in [5.41, 5.74) is 5.59. The lowest BCUT2D eigenvalue weighted by atomic mass is 9.78. The number of ether oxygens (including phenoxy) is 2. The zero-order chi connectivity index (χ0) is 25.5. The number of fused-ring (bicyclic) bond motifs is 2. The molecule has 12 heteroatoms.